The molecule has 0 saturated heterocycles. The molecule has 1 heterocycles. The van der Waals surface area contributed by atoms with Crippen LogP contribution in [0.15, 0.2) is 54.7 Å². The van der Waals surface area contributed by atoms with Gasteiger partial charge in [0.15, 0.2) is 0 Å². The van der Waals surface area contributed by atoms with Gasteiger partial charge in [0.2, 0.25) is 5.91 Å². The van der Waals surface area contributed by atoms with Crippen molar-refractivity contribution in [1.82, 2.24) is 10.3 Å². The van der Waals surface area contributed by atoms with Crippen molar-refractivity contribution in [1.29, 1.82) is 0 Å². The first-order valence-electron chi connectivity index (χ1n) is 7.52. The number of benzene rings is 2. The lowest BCUT2D eigenvalue weighted by Gasteiger charge is -2.04. The van der Waals surface area contributed by atoms with Gasteiger partial charge in [0.1, 0.15) is 5.75 Å². The lowest BCUT2D eigenvalue weighted by Crippen LogP contribution is -2.20. The fourth-order valence-corrected chi connectivity index (χ4v) is 2.64. The zero-order valence-electron chi connectivity index (χ0n) is 13.2. The second kappa shape index (κ2) is 7.23. The molecule has 4 nitrogen and oxygen atoms in total. The summed E-state index contributed by atoms with van der Waals surface area (Å²) in [6.07, 6.45) is 5.15. The van der Waals surface area contributed by atoms with Crippen LogP contribution in [0.4, 0.5) is 0 Å². The number of ether oxygens (including phenoxy) is 1. The highest BCUT2D eigenvalue weighted by Gasteiger charge is 2.04. The highest BCUT2D eigenvalue weighted by Crippen LogP contribution is 2.24. The Bertz CT molecular complexity index is 899. The first-order valence-corrected chi connectivity index (χ1v) is 7.89. The second-order valence-electron chi connectivity index (χ2n) is 5.30. The van der Waals surface area contributed by atoms with Crippen molar-refractivity contribution in [2.24, 2.45) is 0 Å². The molecule has 1 amide bonds. The normalized spacial score (nSPS) is 11.1. The Hall–Kier alpha value is -2.72. The highest BCUT2D eigenvalue weighted by molar-refractivity contribution is 6.31. The Kier molecular flexibility index (Phi) is 4.87. The maximum absolute atomic E-state index is 12.0. The van der Waals surface area contributed by atoms with Crippen LogP contribution in [0.5, 0.6) is 5.75 Å². The number of aromatic nitrogens is 1. The van der Waals surface area contributed by atoms with E-state index in [2.05, 4.69) is 10.3 Å². The third-order valence-electron chi connectivity index (χ3n) is 3.75. The third-order valence-corrected chi connectivity index (χ3v) is 4.11. The highest BCUT2D eigenvalue weighted by atomic mass is 35.5. The number of nitrogens with one attached hydrogen (secondary N) is 2. The van der Waals surface area contributed by atoms with E-state index < -0.39 is 0 Å². The van der Waals surface area contributed by atoms with Crippen LogP contribution in [0.25, 0.3) is 17.0 Å². The van der Waals surface area contributed by atoms with E-state index in [9.17, 15) is 4.79 Å². The number of fused-ring (bicyclic) bond motifs is 1. The smallest absolute Gasteiger partial charge is 0.244 e. The number of amides is 1. The standard InChI is InChI=1S/C19H17ClN2O2/c1-24-15-7-8-18-16(10-15)13(11-21-18)6-9-19(23)22-12-14-4-2-3-5-17(14)20/h2-11,21H,12H2,1H3,(H,22,23). The minimum atomic E-state index is -0.174. The minimum absolute atomic E-state index is 0.174. The Morgan fingerprint density at radius 1 is 1.29 bits per heavy atom. The van der Waals surface area contributed by atoms with Gasteiger partial charge in [0.05, 0.1) is 7.11 Å². The maximum atomic E-state index is 12.0. The average Bonchev–Trinajstić information content (AvgIpc) is 3.01. The molecule has 122 valence electrons. The number of halogens is 1. The van der Waals surface area contributed by atoms with E-state index in [4.69, 9.17) is 16.3 Å². The summed E-state index contributed by atoms with van der Waals surface area (Å²) in [6.45, 7) is 0.393. The molecule has 2 N–H and O–H groups in total. The lowest BCUT2D eigenvalue weighted by molar-refractivity contribution is -0.116. The van der Waals surface area contributed by atoms with Gasteiger partial charge in [-0.05, 0) is 35.9 Å². The van der Waals surface area contributed by atoms with Crippen LogP contribution < -0.4 is 10.1 Å². The summed E-state index contributed by atoms with van der Waals surface area (Å²) >= 11 is 6.07. The molecule has 0 unspecified atom stereocenters. The van der Waals surface area contributed by atoms with E-state index >= 15 is 0 Å². The van der Waals surface area contributed by atoms with Crippen LogP contribution in [0, 0.1) is 0 Å². The summed E-state index contributed by atoms with van der Waals surface area (Å²) in [5.74, 6) is 0.604. The molecule has 1 aromatic heterocycles. The zero-order chi connectivity index (χ0) is 16.9. The Labute approximate surface area is 145 Å². The molecular weight excluding hydrogens is 324 g/mol. The van der Waals surface area contributed by atoms with Crippen molar-refractivity contribution < 1.29 is 9.53 Å². The summed E-state index contributed by atoms with van der Waals surface area (Å²) in [7, 11) is 1.63. The van der Waals surface area contributed by atoms with Crippen LogP contribution in [-0.2, 0) is 11.3 Å². The molecule has 0 radical (unpaired) electrons. The summed E-state index contributed by atoms with van der Waals surface area (Å²) in [5, 5.41) is 4.48. The van der Waals surface area contributed by atoms with Crippen LogP contribution in [0.2, 0.25) is 5.02 Å². The topological polar surface area (TPSA) is 54.1 Å². The third kappa shape index (κ3) is 3.60. The van der Waals surface area contributed by atoms with Crippen LogP contribution in [0.1, 0.15) is 11.1 Å². The molecule has 3 rings (SSSR count). The number of hydrogen-bond donors (Lipinski definition) is 2. The van der Waals surface area contributed by atoms with Gasteiger partial charge in [-0.3, -0.25) is 4.79 Å². The summed E-state index contributed by atoms with van der Waals surface area (Å²) in [4.78, 5) is 15.2. The largest absolute Gasteiger partial charge is 0.497 e. The molecular formula is C19H17ClN2O2. The van der Waals surface area contributed by atoms with Gasteiger partial charge in [0.25, 0.3) is 0 Å². The Morgan fingerprint density at radius 3 is 2.92 bits per heavy atom. The molecule has 0 spiro atoms. The fourth-order valence-electron chi connectivity index (χ4n) is 2.43. The SMILES string of the molecule is COc1ccc2[nH]cc(C=CC(=O)NCc3ccccc3Cl)c2c1. The van der Waals surface area contributed by atoms with Gasteiger partial charge in [-0.1, -0.05) is 29.8 Å². The number of hydrogen-bond acceptors (Lipinski definition) is 2. The van der Waals surface area contributed by atoms with Crippen molar-refractivity contribution >= 4 is 34.5 Å². The number of methoxy groups -OCH3 is 1. The van der Waals surface area contributed by atoms with E-state index in [1.54, 1.807) is 19.3 Å². The maximum Gasteiger partial charge on any atom is 0.244 e. The predicted octanol–water partition coefficient (Wildman–Crippen LogP) is 4.16. The van der Waals surface area contributed by atoms with Crippen molar-refractivity contribution in [3.8, 4) is 5.75 Å². The van der Waals surface area contributed by atoms with Gasteiger partial charge in [0, 0.05) is 40.3 Å². The molecule has 5 heteroatoms. The lowest BCUT2D eigenvalue weighted by atomic mass is 10.1. The van der Waals surface area contributed by atoms with Crippen LogP contribution in [-0.4, -0.2) is 18.0 Å². The van der Waals surface area contributed by atoms with Crippen molar-refractivity contribution in [3.05, 3.63) is 70.9 Å². The summed E-state index contributed by atoms with van der Waals surface area (Å²) < 4.78 is 5.24. The molecule has 0 aliphatic carbocycles. The van der Waals surface area contributed by atoms with E-state index in [0.29, 0.717) is 11.6 Å². The van der Waals surface area contributed by atoms with Crippen LogP contribution in [0.3, 0.4) is 0 Å². The quantitative estimate of drug-likeness (QED) is 0.685. The molecule has 0 bridgehead atoms. The van der Waals surface area contributed by atoms with Crippen molar-refractivity contribution in [3.63, 3.8) is 0 Å². The minimum Gasteiger partial charge on any atom is -0.497 e. The summed E-state index contributed by atoms with van der Waals surface area (Å²) in [5.41, 5.74) is 2.81. The number of carbonyl (C=O) groups is 1. The average molecular weight is 341 g/mol. The predicted molar refractivity (Wildman–Crippen MR) is 97.2 cm³/mol. The van der Waals surface area contributed by atoms with Crippen LogP contribution >= 0.6 is 11.6 Å². The molecule has 2 aromatic carbocycles. The zero-order valence-corrected chi connectivity index (χ0v) is 13.9. The molecule has 24 heavy (non-hydrogen) atoms. The van der Waals surface area contributed by atoms with Gasteiger partial charge < -0.3 is 15.0 Å². The van der Waals surface area contributed by atoms with E-state index in [-0.39, 0.29) is 5.91 Å². The number of carbonyl (C=O) groups excluding carboxylic acids is 1. The van der Waals surface area contributed by atoms with Gasteiger partial charge in [-0.15, -0.1) is 0 Å². The summed E-state index contributed by atoms with van der Waals surface area (Å²) in [6, 6.07) is 13.2. The number of rotatable bonds is 5. The second-order valence-corrected chi connectivity index (χ2v) is 5.71. The molecule has 0 aliphatic heterocycles. The van der Waals surface area contributed by atoms with Gasteiger partial charge in [-0.25, -0.2) is 0 Å². The number of H-pyrrole nitrogens is 1. The Balaban J connectivity index is 1.69. The van der Waals surface area contributed by atoms with Gasteiger partial charge in [-0.2, -0.15) is 0 Å². The molecule has 0 fully saturated rings. The van der Waals surface area contributed by atoms with E-state index in [1.165, 1.54) is 6.08 Å². The first kappa shape index (κ1) is 16.1. The van der Waals surface area contributed by atoms with Crippen molar-refractivity contribution in [2.75, 3.05) is 7.11 Å². The number of aromatic amines is 1. The molecule has 0 saturated carbocycles. The monoisotopic (exact) mass is 340 g/mol. The molecule has 3 aromatic rings. The Morgan fingerprint density at radius 2 is 2.12 bits per heavy atom. The van der Waals surface area contributed by atoms with E-state index in [1.807, 2.05) is 42.6 Å². The van der Waals surface area contributed by atoms with Gasteiger partial charge >= 0.3 is 0 Å². The van der Waals surface area contributed by atoms with E-state index in [0.717, 1.165) is 27.8 Å². The first-order chi connectivity index (χ1) is 11.7. The molecule has 0 atom stereocenters. The molecule has 0 aliphatic rings. The fraction of sp³-hybridized carbons (Fsp3) is 0.105. The van der Waals surface area contributed by atoms with Crippen molar-refractivity contribution in [2.45, 2.75) is 6.54 Å².